The van der Waals surface area contributed by atoms with Crippen molar-refractivity contribution >= 4 is 0 Å². The summed E-state index contributed by atoms with van der Waals surface area (Å²) in [6, 6.07) is 4.73. The lowest BCUT2D eigenvalue weighted by Crippen LogP contribution is -2.42. The van der Waals surface area contributed by atoms with Crippen LogP contribution in [-0.4, -0.2) is 69.8 Å². The fraction of sp³-hybridized carbons (Fsp3) is 0.680. The minimum atomic E-state index is 0.0275. The number of ether oxygens (including phenoxy) is 1. The highest BCUT2D eigenvalue weighted by Gasteiger charge is 2.27. The number of rotatable bonds is 9. The summed E-state index contributed by atoms with van der Waals surface area (Å²) >= 11 is 0. The molecule has 2 fully saturated rings. The molecule has 0 unspecified atom stereocenters. The summed E-state index contributed by atoms with van der Waals surface area (Å²) in [4.78, 5) is 22.4. The number of imidazole rings is 1. The Labute approximate surface area is 192 Å². The van der Waals surface area contributed by atoms with E-state index in [1.807, 2.05) is 29.1 Å². The van der Waals surface area contributed by atoms with Gasteiger partial charge >= 0.3 is 5.69 Å². The van der Waals surface area contributed by atoms with Crippen molar-refractivity contribution in [3.63, 3.8) is 0 Å². The van der Waals surface area contributed by atoms with Gasteiger partial charge in [0.1, 0.15) is 6.10 Å². The number of likely N-dealkylation sites (N-methyl/N-ethyl adjacent to an activating group) is 2. The Morgan fingerprint density at radius 2 is 1.78 bits per heavy atom. The molecule has 32 heavy (non-hydrogen) atoms. The highest BCUT2D eigenvalue weighted by molar-refractivity contribution is 5.31. The molecular formula is C25H39N5O2. The van der Waals surface area contributed by atoms with Gasteiger partial charge in [0.05, 0.1) is 11.9 Å². The topological polar surface area (TPSA) is 55.5 Å². The Hall–Kier alpha value is -2.12. The number of hydrogen-bond acceptors (Lipinski definition) is 5. The van der Waals surface area contributed by atoms with Gasteiger partial charge < -0.3 is 9.64 Å². The molecule has 0 radical (unpaired) electrons. The van der Waals surface area contributed by atoms with Crippen LogP contribution in [0.4, 0.5) is 0 Å². The van der Waals surface area contributed by atoms with Gasteiger partial charge in [-0.15, -0.1) is 0 Å². The Bertz CT molecular complexity index is 890. The number of pyridine rings is 1. The van der Waals surface area contributed by atoms with Crippen molar-refractivity contribution < 1.29 is 4.74 Å². The van der Waals surface area contributed by atoms with E-state index in [0.717, 1.165) is 63.8 Å². The number of aromatic nitrogens is 3. The van der Waals surface area contributed by atoms with E-state index in [-0.39, 0.29) is 11.7 Å². The van der Waals surface area contributed by atoms with Crippen molar-refractivity contribution in [2.75, 3.05) is 33.7 Å². The monoisotopic (exact) mass is 441 g/mol. The van der Waals surface area contributed by atoms with E-state index in [1.165, 1.54) is 12.8 Å². The molecule has 2 aliphatic carbocycles. The molecule has 0 atom stereocenters. The Morgan fingerprint density at radius 3 is 2.41 bits per heavy atom. The standard InChI is InChI=1S/C25H39N5O2/c1-4-28(16-15-27(2)3)20-9-11-21(12-10-20)29-17-18-30(25(29)31)22-13-14-24(26-19-22)32-23-7-5-6-8-23/h13-14,17-21,23H,4-12,15-16H2,1-3H3. The average Bonchev–Trinajstić information content (AvgIpc) is 3.45. The second kappa shape index (κ2) is 10.7. The molecular weight excluding hydrogens is 402 g/mol. The molecule has 2 aromatic heterocycles. The predicted molar refractivity (Wildman–Crippen MR) is 128 cm³/mol. The first-order chi connectivity index (χ1) is 15.5. The molecule has 7 heteroatoms. The summed E-state index contributed by atoms with van der Waals surface area (Å²) in [6.07, 6.45) is 15.0. The van der Waals surface area contributed by atoms with E-state index >= 15 is 0 Å². The van der Waals surface area contributed by atoms with Crippen molar-refractivity contribution in [2.24, 2.45) is 0 Å². The third-order valence-electron chi connectivity index (χ3n) is 7.21. The summed E-state index contributed by atoms with van der Waals surface area (Å²) < 4.78 is 9.58. The van der Waals surface area contributed by atoms with Crippen LogP contribution >= 0.6 is 0 Å². The minimum absolute atomic E-state index is 0.0275. The highest BCUT2D eigenvalue weighted by Crippen LogP contribution is 2.30. The number of nitrogens with zero attached hydrogens (tertiary/aromatic N) is 5. The van der Waals surface area contributed by atoms with Crippen LogP contribution in [0.25, 0.3) is 5.69 Å². The van der Waals surface area contributed by atoms with Crippen molar-refractivity contribution in [1.82, 2.24) is 23.9 Å². The molecule has 0 spiro atoms. The summed E-state index contributed by atoms with van der Waals surface area (Å²) in [6.45, 7) is 5.55. The molecule has 176 valence electrons. The Morgan fingerprint density at radius 1 is 1.03 bits per heavy atom. The molecule has 0 amide bonds. The number of hydrogen-bond donors (Lipinski definition) is 0. The lowest BCUT2D eigenvalue weighted by atomic mass is 9.90. The quantitative estimate of drug-likeness (QED) is 0.594. The van der Waals surface area contributed by atoms with E-state index in [0.29, 0.717) is 18.0 Å². The van der Waals surface area contributed by atoms with Crippen LogP contribution in [0.2, 0.25) is 0 Å². The van der Waals surface area contributed by atoms with Crippen molar-refractivity contribution in [3.05, 3.63) is 41.2 Å². The maximum absolute atomic E-state index is 13.1. The Kier molecular flexibility index (Phi) is 7.68. The predicted octanol–water partition coefficient (Wildman–Crippen LogP) is 3.72. The molecule has 0 aromatic carbocycles. The van der Waals surface area contributed by atoms with Crippen molar-refractivity contribution in [3.8, 4) is 11.6 Å². The fourth-order valence-corrected chi connectivity index (χ4v) is 5.26. The van der Waals surface area contributed by atoms with Crippen LogP contribution in [-0.2, 0) is 0 Å². The zero-order valence-corrected chi connectivity index (χ0v) is 19.9. The molecule has 0 N–H and O–H groups in total. The zero-order valence-electron chi connectivity index (χ0n) is 19.9. The first-order valence-electron chi connectivity index (χ1n) is 12.4. The lowest BCUT2D eigenvalue weighted by molar-refractivity contribution is 0.133. The summed E-state index contributed by atoms with van der Waals surface area (Å²) in [7, 11) is 4.26. The molecule has 2 aromatic rings. The van der Waals surface area contributed by atoms with Gasteiger partial charge in [0.15, 0.2) is 0 Å². The van der Waals surface area contributed by atoms with Crippen LogP contribution < -0.4 is 10.4 Å². The largest absolute Gasteiger partial charge is 0.474 e. The van der Waals surface area contributed by atoms with Gasteiger partial charge in [0.25, 0.3) is 0 Å². The third kappa shape index (κ3) is 5.44. The van der Waals surface area contributed by atoms with Gasteiger partial charge in [-0.2, -0.15) is 0 Å². The van der Waals surface area contributed by atoms with Crippen molar-refractivity contribution in [1.29, 1.82) is 0 Å². The maximum Gasteiger partial charge on any atom is 0.333 e. The second-order valence-electron chi connectivity index (χ2n) is 9.63. The molecule has 2 saturated carbocycles. The maximum atomic E-state index is 13.1. The molecule has 0 saturated heterocycles. The first kappa shape index (κ1) is 23.1. The van der Waals surface area contributed by atoms with Crippen LogP contribution in [0.5, 0.6) is 5.88 Å². The van der Waals surface area contributed by atoms with E-state index < -0.39 is 0 Å². The minimum Gasteiger partial charge on any atom is -0.474 e. The lowest BCUT2D eigenvalue weighted by Gasteiger charge is -2.37. The smallest absolute Gasteiger partial charge is 0.333 e. The molecule has 2 heterocycles. The molecule has 7 nitrogen and oxygen atoms in total. The van der Waals surface area contributed by atoms with Crippen molar-refractivity contribution in [2.45, 2.75) is 76.5 Å². The van der Waals surface area contributed by atoms with Crippen LogP contribution in [0.15, 0.2) is 35.5 Å². The second-order valence-corrected chi connectivity index (χ2v) is 9.63. The SMILES string of the molecule is CCN(CCN(C)C)C1CCC(n2ccn(-c3ccc(OC4CCCC4)nc3)c2=O)CC1. The fourth-order valence-electron chi connectivity index (χ4n) is 5.26. The summed E-state index contributed by atoms with van der Waals surface area (Å²) in [5.74, 6) is 0.654. The zero-order chi connectivity index (χ0) is 22.5. The first-order valence-corrected chi connectivity index (χ1v) is 12.4. The van der Waals surface area contributed by atoms with Crippen LogP contribution in [0.1, 0.15) is 64.3 Å². The average molecular weight is 442 g/mol. The van der Waals surface area contributed by atoms with Crippen LogP contribution in [0, 0.1) is 0 Å². The van der Waals surface area contributed by atoms with Gasteiger partial charge in [-0.3, -0.25) is 14.0 Å². The molecule has 0 bridgehead atoms. The normalized spacial score (nSPS) is 22.2. The Balaban J connectivity index is 1.36. The van der Waals surface area contributed by atoms with Gasteiger partial charge in [-0.05, 0) is 78.1 Å². The third-order valence-corrected chi connectivity index (χ3v) is 7.21. The van der Waals surface area contributed by atoms with E-state index in [1.54, 1.807) is 10.8 Å². The van der Waals surface area contributed by atoms with Gasteiger partial charge in [0, 0.05) is 43.6 Å². The summed E-state index contributed by atoms with van der Waals surface area (Å²) in [5.41, 5.74) is 0.821. The van der Waals surface area contributed by atoms with Gasteiger partial charge in [-0.25, -0.2) is 9.78 Å². The highest BCUT2D eigenvalue weighted by atomic mass is 16.5. The summed E-state index contributed by atoms with van der Waals surface area (Å²) in [5, 5.41) is 0. The van der Waals surface area contributed by atoms with E-state index in [2.05, 4.69) is 35.8 Å². The molecule has 2 aliphatic rings. The van der Waals surface area contributed by atoms with Gasteiger partial charge in [0.2, 0.25) is 5.88 Å². The van der Waals surface area contributed by atoms with Gasteiger partial charge in [-0.1, -0.05) is 6.92 Å². The van der Waals surface area contributed by atoms with E-state index in [4.69, 9.17) is 4.74 Å². The van der Waals surface area contributed by atoms with E-state index in [9.17, 15) is 4.79 Å². The molecule has 4 rings (SSSR count). The molecule has 0 aliphatic heterocycles. The van der Waals surface area contributed by atoms with Crippen LogP contribution in [0.3, 0.4) is 0 Å².